The number of thioether (sulfide) groups is 1. The largest absolute Gasteiger partial charge is 0.324 e. The molecule has 2 aromatic rings. The normalized spacial score (nSPS) is 16.6. The Morgan fingerprint density at radius 2 is 2.04 bits per heavy atom. The number of carbonyl (C=O) groups is 2. The molecule has 132 valence electrons. The molecule has 1 fully saturated rings. The Morgan fingerprint density at radius 1 is 1.27 bits per heavy atom. The van der Waals surface area contributed by atoms with Crippen molar-refractivity contribution in [2.24, 2.45) is 0 Å². The van der Waals surface area contributed by atoms with Gasteiger partial charge in [-0.25, -0.2) is 0 Å². The standard InChI is InChI=1S/C19H17N3O2S2/c1-13-2-7-16(26-13)8-9-18(23)22-12-25-11-17(22)19(24)21-15-5-3-14(10-20)4-6-15/h2-9,17H,11-12H2,1H3,(H,21,24)/b9-8-/t17-/m0/s1. The van der Waals surface area contributed by atoms with Crippen LogP contribution in [0.2, 0.25) is 0 Å². The second-order valence-corrected chi connectivity index (χ2v) is 8.10. The molecule has 2 heterocycles. The number of hydrogen-bond donors (Lipinski definition) is 1. The summed E-state index contributed by atoms with van der Waals surface area (Å²) in [5.41, 5.74) is 1.15. The number of nitriles is 1. The summed E-state index contributed by atoms with van der Waals surface area (Å²) in [5.74, 6) is 0.687. The van der Waals surface area contributed by atoms with Gasteiger partial charge >= 0.3 is 0 Å². The third kappa shape index (κ3) is 4.34. The molecule has 0 saturated carbocycles. The van der Waals surface area contributed by atoms with Crippen LogP contribution >= 0.6 is 23.1 Å². The van der Waals surface area contributed by atoms with E-state index in [-0.39, 0.29) is 11.8 Å². The maximum absolute atomic E-state index is 12.6. The van der Waals surface area contributed by atoms with Gasteiger partial charge in [-0.2, -0.15) is 5.26 Å². The second-order valence-electron chi connectivity index (χ2n) is 5.78. The zero-order valence-corrected chi connectivity index (χ0v) is 15.8. The Hall–Kier alpha value is -2.56. The van der Waals surface area contributed by atoms with Gasteiger partial charge in [0.25, 0.3) is 0 Å². The average molecular weight is 383 g/mol. The molecule has 3 rings (SSSR count). The van der Waals surface area contributed by atoms with Gasteiger partial charge in [-0.15, -0.1) is 23.1 Å². The summed E-state index contributed by atoms with van der Waals surface area (Å²) >= 11 is 3.18. The number of rotatable bonds is 4. The molecular formula is C19H17N3O2S2. The molecule has 0 radical (unpaired) electrons. The minimum absolute atomic E-state index is 0.166. The van der Waals surface area contributed by atoms with Crippen LogP contribution in [0.4, 0.5) is 5.69 Å². The molecule has 1 saturated heterocycles. The van der Waals surface area contributed by atoms with Crippen molar-refractivity contribution < 1.29 is 9.59 Å². The Kier molecular flexibility index (Phi) is 5.76. The van der Waals surface area contributed by atoms with E-state index in [1.807, 2.05) is 25.1 Å². The summed E-state index contributed by atoms with van der Waals surface area (Å²) in [6, 6.07) is 12.2. The average Bonchev–Trinajstić information content (AvgIpc) is 3.29. The van der Waals surface area contributed by atoms with Crippen LogP contribution in [0.25, 0.3) is 6.08 Å². The Balaban J connectivity index is 1.64. The van der Waals surface area contributed by atoms with Crippen LogP contribution in [0.15, 0.2) is 42.5 Å². The van der Waals surface area contributed by atoms with Gasteiger partial charge in [0.15, 0.2) is 0 Å². The van der Waals surface area contributed by atoms with Crippen molar-refractivity contribution in [2.45, 2.75) is 13.0 Å². The van der Waals surface area contributed by atoms with E-state index < -0.39 is 6.04 Å². The molecule has 0 bridgehead atoms. The summed E-state index contributed by atoms with van der Waals surface area (Å²) in [5, 5.41) is 11.6. The van der Waals surface area contributed by atoms with Crippen molar-refractivity contribution in [2.75, 3.05) is 16.9 Å². The first kappa shape index (κ1) is 18.2. The minimum atomic E-state index is -0.502. The maximum Gasteiger partial charge on any atom is 0.248 e. The van der Waals surface area contributed by atoms with E-state index in [1.54, 1.807) is 58.3 Å². The predicted octanol–water partition coefficient (Wildman–Crippen LogP) is 3.48. The van der Waals surface area contributed by atoms with Crippen molar-refractivity contribution in [3.05, 3.63) is 57.8 Å². The fraction of sp³-hybridized carbons (Fsp3) is 0.211. The first-order valence-corrected chi connectivity index (χ1v) is 9.98. The molecule has 0 unspecified atom stereocenters. The zero-order chi connectivity index (χ0) is 18.5. The van der Waals surface area contributed by atoms with Crippen molar-refractivity contribution >= 4 is 46.7 Å². The highest BCUT2D eigenvalue weighted by molar-refractivity contribution is 7.99. The summed E-state index contributed by atoms with van der Waals surface area (Å²) in [6.07, 6.45) is 3.32. The molecule has 0 aliphatic carbocycles. The summed E-state index contributed by atoms with van der Waals surface area (Å²) in [4.78, 5) is 28.8. The quantitative estimate of drug-likeness (QED) is 0.821. The molecule has 1 aliphatic rings. The molecule has 2 amide bonds. The molecule has 26 heavy (non-hydrogen) atoms. The fourth-order valence-corrected chi connectivity index (χ4v) is 4.47. The lowest BCUT2D eigenvalue weighted by molar-refractivity contribution is -0.132. The van der Waals surface area contributed by atoms with Crippen molar-refractivity contribution in [3.63, 3.8) is 0 Å². The smallest absolute Gasteiger partial charge is 0.248 e. The third-order valence-electron chi connectivity index (χ3n) is 3.90. The lowest BCUT2D eigenvalue weighted by Gasteiger charge is -2.21. The van der Waals surface area contributed by atoms with Gasteiger partial charge in [-0.3, -0.25) is 9.59 Å². The number of nitrogens with one attached hydrogen (secondary N) is 1. The molecule has 7 heteroatoms. The van der Waals surface area contributed by atoms with Crippen LogP contribution in [0.3, 0.4) is 0 Å². The van der Waals surface area contributed by atoms with Gasteiger partial charge in [0.2, 0.25) is 11.8 Å². The molecule has 0 spiro atoms. The summed E-state index contributed by atoms with van der Waals surface area (Å²) in [7, 11) is 0. The molecular weight excluding hydrogens is 366 g/mol. The number of amides is 2. The lowest BCUT2D eigenvalue weighted by Crippen LogP contribution is -2.43. The van der Waals surface area contributed by atoms with Gasteiger partial charge < -0.3 is 10.2 Å². The van der Waals surface area contributed by atoms with E-state index in [2.05, 4.69) is 5.32 Å². The van der Waals surface area contributed by atoms with Crippen LogP contribution in [-0.2, 0) is 9.59 Å². The van der Waals surface area contributed by atoms with E-state index in [4.69, 9.17) is 5.26 Å². The Labute approximate surface area is 160 Å². The van der Waals surface area contributed by atoms with Gasteiger partial charge in [0.1, 0.15) is 6.04 Å². The van der Waals surface area contributed by atoms with Crippen molar-refractivity contribution in [1.82, 2.24) is 4.90 Å². The predicted molar refractivity (Wildman–Crippen MR) is 106 cm³/mol. The SMILES string of the molecule is Cc1ccc(/C=C\C(=O)N2CSC[C@H]2C(=O)Nc2ccc(C#N)cc2)s1. The Morgan fingerprint density at radius 3 is 2.69 bits per heavy atom. The van der Waals surface area contributed by atoms with Crippen LogP contribution in [0.1, 0.15) is 15.3 Å². The van der Waals surface area contributed by atoms with Crippen molar-refractivity contribution in [1.29, 1.82) is 5.26 Å². The number of hydrogen-bond acceptors (Lipinski definition) is 5. The Bertz CT molecular complexity index is 881. The minimum Gasteiger partial charge on any atom is -0.324 e. The monoisotopic (exact) mass is 383 g/mol. The number of anilines is 1. The van der Waals surface area contributed by atoms with Crippen LogP contribution in [-0.4, -0.2) is 34.4 Å². The highest BCUT2D eigenvalue weighted by atomic mass is 32.2. The van der Waals surface area contributed by atoms with Crippen LogP contribution in [0, 0.1) is 18.3 Å². The highest BCUT2D eigenvalue weighted by Crippen LogP contribution is 2.23. The maximum atomic E-state index is 12.6. The number of benzene rings is 1. The van der Waals surface area contributed by atoms with E-state index in [1.165, 1.54) is 11.0 Å². The topological polar surface area (TPSA) is 73.2 Å². The van der Waals surface area contributed by atoms with Crippen LogP contribution < -0.4 is 5.32 Å². The molecule has 1 atom stereocenters. The first-order chi connectivity index (χ1) is 12.6. The van der Waals surface area contributed by atoms with E-state index in [9.17, 15) is 9.59 Å². The molecule has 5 nitrogen and oxygen atoms in total. The molecule has 1 N–H and O–H groups in total. The number of nitrogens with zero attached hydrogens (tertiary/aromatic N) is 2. The molecule has 1 aromatic carbocycles. The van der Waals surface area contributed by atoms with Crippen molar-refractivity contribution in [3.8, 4) is 6.07 Å². The summed E-state index contributed by atoms with van der Waals surface area (Å²) < 4.78 is 0. The van der Waals surface area contributed by atoms with E-state index in [0.717, 1.165) is 4.88 Å². The van der Waals surface area contributed by atoms with Gasteiger partial charge in [0.05, 0.1) is 17.5 Å². The van der Waals surface area contributed by atoms with E-state index >= 15 is 0 Å². The fourth-order valence-electron chi connectivity index (χ4n) is 2.52. The van der Waals surface area contributed by atoms with Gasteiger partial charge in [-0.1, -0.05) is 0 Å². The third-order valence-corrected chi connectivity index (χ3v) is 5.88. The summed E-state index contributed by atoms with van der Waals surface area (Å²) in [6.45, 7) is 2.02. The lowest BCUT2D eigenvalue weighted by atomic mass is 10.2. The number of carbonyl (C=O) groups excluding carboxylic acids is 2. The zero-order valence-electron chi connectivity index (χ0n) is 14.1. The van der Waals surface area contributed by atoms with E-state index in [0.29, 0.717) is 22.9 Å². The molecule has 1 aliphatic heterocycles. The second kappa shape index (κ2) is 8.21. The first-order valence-electron chi connectivity index (χ1n) is 8.01. The van der Waals surface area contributed by atoms with Gasteiger partial charge in [0, 0.05) is 27.3 Å². The number of aryl methyl sites for hydroxylation is 1. The number of thiophene rings is 1. The highest BCUT2D eigenvalue weighted by Gasteiger charge is 2.33. The van der Waals surface area contributed by atoms with Crippen LogP contribution in [0.5, 0.6) is 0 Å². The van der Waals surface area contributed by atoms with Gasteiger partial charge in [-0.05, 0) is 49.4 Å². The molecule has 1 aromatic heterocycles.